The molecule has 0 saturated heterocycles. The number of halogens is 1. The molecule has 0 spiro atoms. The molecule has 0 aliphatic rings. The summed E-state index contributed by atoms with van der Waals surface area (Å²) in [5.41, 5.74) is 6.90. The summed E-state index contributed by atoms with van der Waals surface area (Å²) in [7, 11) is 3.59. The third-order valence-corrected chi connectivity index (χ3v) is 5.02. The average Bonchev–Trinajstić information content (AvgIpc) is 3.16. The second-order valence-corrected chi connectivity index (χ2v) is 7.50. The van der Waals surface area contributed by atoms with E-state index in [2.05, 4.69) is 20.4 Å². The Kier molecular flexibility index (Phi) is 6.45. The Balaban J connectivity index is 2.05. The number of aryl methyl sites for hydroxylation is 1. The van der Waals surface area contributed by atoms with Crippen LogP contribution in [-0.2, 0) is 10.3 Å². The lowest BCUT2D eigenvalue weighted by Gasteiger charge is -2.27. The van der Waals surface area contributed by atoms with E-state index in [-0.39, 0.29) is 5.95 Å². The van der Waals surface area contributed by atoms with Crippen LogP contribution in [0.5, 0.6) is 0 Å². The third kappa shape index (κ3) is 4.64. The molecule has 0 bridgehead atoms. The molecule has 160 valence electrons. The molecule has 1 unspecified atom stereocenters. The minimum Gasteiger partial charge on any atom is -0.383 e. The van der Waals surface area contributed by atoms with Crippen LogP contribution in [0.15, 0.2) is 35.0 Å². The average molecular weight is 433 g/mol. The molecular weight excluding hydrogens is 408 g/mol. The fourth-order valence-electron chi connectivity index (χ4n) is 2.96. The fraction of sp³-hybridized carbons (Fsp3) is 0.350. The highest BCUT2D eigenvalue weighted by atomic mass is 35.5. The number of benzene rings is 1. The summed E-state index contributed by atoms with van der Waals surface area (Å²) in [4.78, 5) is 10.1. The molecule has 0 aliphatic carbocycles. The Hall–Kier alpha value is -2.88. The number of anilines is 4. The zero-order chi connectivity index (χ0) is 21.9. The smallest absolute Gasteiger partial charge is 0.222 e. The van der Waals surface area contributed by atoms with Crippen LogP contribution in [0, 0.1) is 6.92 Å². The largest absolute Gasteiger partial charge is 0.383 e. The minimum atomic E-state index is -1.37. The third-order valence-electron chi connectivity index (χ3n) is 4.74. The predicted molar refractivity (Wildman–Crippen MR) is 116 cm³/mol. The van der Waals surface area contributed by atoms with E-state index in [1.54, 1.807) is 27.0 Å². The lowest BCUT2D eigenvalue weighted by Crippen LogP contribution is -2.25. The summed E-state index contributed by atoms with van der Waals surface area (Å²) in [5.74, 6) is 1.07. The number of hydrogen-bond donors (Lipinski definition) is 3. The van der Waals surface area contributed by atoms with Crippen molar-refractivity contribution in [2.24, 2.45) is 0 Å². The van der Waals surface area contributed by atoms with Gasteiger partial charge in [0.1, 0.15) is 22.1 Å². The number of aliphatic hydroxyl groups is 1. The Bertz CT molecular complexity index is 1020. The van der Waals surface area contributed by atoms with E-state index >= 15 is 0 Å². The van der Waals surface area contributed by atoms with Crippen LogP contribution in [0.25, 0.3) is 0 Å². The van der Waals surface area contributed by atoms with Gasteiger partial charge in [-0.25, -0.2) is 4.98 Å². The van der Waals surface area contributed by atoms with E-state index < -0.39 is 5.60 Å². The highest BCUT2D eigenvalue weighted by Crippen LogP contribution is 2.36. The van der Waals surface area contributed by atoms with Gasteiger partial charge < -0.3 is 30.3 Å². The molecule has 3 rings (SSSR count). The first-order valence-electron chi connectivity index (χ1n) is 9.28. The summed E-state index contributed by atoms with van der Waals surface area (Å²) in [6.45, 7) is 4.64. The first-order valence-corrected chi connectivity index (χ1v) is 9.66. The van der Waals surface area contributed by atoms with Gasteiger partial charge in [0, 0.05) is 26.8 Å². The van der Waals surface area contributed by atoms with Crippen molar-refractivity contribution in [3.8, 4) is 0 Å². The zero-order valence-electron chi connectivity index (χ0n) is 17.3. The lowest BCUT2D eigenvalue weighted by atomic mass is 9.91. The number of rotatable bonds is 8. The molecule has 30 heavy (non-hydrogen) atoms. The highest BCUT2D eigenvalue weighted by Gasteiger charge is 2.30. The second-order valence-electron chi connectivity index (χ2n) is 7.09. The number of hydrogen-bond acceptors (Lipinski definition) is 9. The number of nitrogens with two attached hydrogens (primary N) is 1. The topological polar surface area (TPSA) is 123 Å². The quantitative estimate of drug-likeness (QED) is 0.492. The van der Waals surface area contributed by atoms with Gasteiger partial charge in [-0.2, -0.15) is 4.98 Å². The SMILES string of the molecule is COCCN(C)c1ccc(C(C)(O)c2cc(C)on2)cc1Nc1nc(N)ncc1Cl. The van der Waals surface area contributed by atoms with Crippen molar-refractivity contribution in [3.05, 3.63) is 52.5 Å². The number of aromatic nitrogens is 3. The molecule has 10 heteroatoms. The maximum absolute atomic E-state index is 11.2. The van der Waals surface area contributed by atoms with E-state index in [0.717, 1.165) is 5.69 Å². The van der Waals surface area contributed by atoms with Crippen LogP contribution in [0.1, 0.15) is 23.9 Å². The van der Waals surface area contributed by atoms with E-state index in [9.17, 15) is 5.11 Å². The fourth-order valence-corrected chi connectivity index (χ4v) is 3.10. The molecule has 2 heterocycles. The molecule has 2 aromatic heterocycles. The van der Waals surface area contributed by atoms with Crippen molar-refractivity contribution in [3.63, 3.8) is 0 Å². The van der Waals surface area contributed by atoms with E-state index in [4.69, 9.17) is 26.6 Å². The van der Waals surface area contributed by atoms with Gasteiger partial charge in [-0.15, -0.1) is 0 Å². The van der Waals surface area contributed by atoms with Gasteiger partial charge in [0.2, 0.25) is 5.95 Å². The maximum Gasteiger partial charge on any atom is 0.222 e. The molecule has 1 atom stereocenters. The monoisotopic (exact) mass is 432 g/mol. The first-order chi connectivity index (χ1) is 14.2. The van der Waals surface area contributed by atoms with Crippen molar-refractivity contribution in [2.45, 2.75) is 19.4 Å². The van der Waals surface area contributed by atoms with Crippen molar-refractivity contribution in [1.29, 1.82) is 0 Å². The van der Waals surface area contributed by atoms with Gasteiger partial charge in [0.15, 0.2) is 5.82 Å². The number of nitrogen functional groups attached to an aromatic ring is 1. The van der Waals surface area contributed by atoms with Crippen LogP contribution < -0.4 is 16.0 Å². The molecule has 0 fully saturated rings. The molecule has 0 radical (unpaired) electrons. The van der Waals surface area contributed by atoms with Crippen molar-refractivity contribution in [1.82, 2.24) is 15.1 Å². The molecular formula is C20H25ClN6O3. The second kappa shape index (κ2) is 8.86. The molecule has 1 aromatic carbocycles. The molecule has 4 N–H and O–H groups in total. The normalized spacial score (nSPS) is 13.1. The van der Waals surface area contributed by atoms with Crippen molar-refractivity contribution >= 4 is 34.7 Å². The Labute approximate surface area is 179 Å². The summed E-state index contributed by atoms with van der Waals surface area (Å²) < 4.78 is 10.3. The number of nitrogens with one attached hydrogen (secondary N) is 1. The van der Waals surface area contributed by atoms with Gasteiger partial charge in [0.25, 0.3) is 0 Å². The number of likely N-dealkylation sites (N-methyl/N-ethyl adjacent to an activating group) is 1. The minimum absolute atomic E-state index is 0.0948. The Morgan fingerprint density at radius 3 is 2.80 bits per heavy atom. The summed E-state index contributed by atoms with van der Waals surface area (Å²) >= 11 is 6.24. The van der Waals surface area contributed by atoms with E-state index in [0.29, 0.717) is 46.7 Å². The summed E-state index contributed by atoms with van der Waals surface area (Å²) in [5, 5.41) is 18.7. The van der Waals surface area contributed by atoms with Crippen LogP contribution in [0.4, 0.5) is 23.1 Å². The lowest BCUT2D eigenvalue weighted by molar-refractivity contribution is 0.0932. The first kappa shape index (κ1) is 21.8. The van der Waals surface area contributed by atoms with E-state index in [1.165, 1.54) is 6.20 Å². The maximum atomic E-state index is 11.2. The van der Waals surface area contributed by atoms with Crippen LogP contribution in [0.3, 0.4) is 0 Å². The molecule has 3 aromatic rings. The van der Waals surface area contributed by atoms with Gasteiger partial charge >= 0.3 is 0 Å². The number of ether oxygens (including phenoxy) is 1. The molecule has 0 aliphatic heterocycles. The van der Waals surface area contributed by atoms with Crippen molar-refractivity contribution in [2.75, 3.05) is 43.3 Å². The van der Waals surface area contributed by atoms with Crippen molar-refractivity contribution < 1.29 is 14.4 Å². The molecule has 0 amide bonds. The van der Waals surface area contributed by atoms with Crippen LogP contribution in [0.2, 0.25) is 5.02 Å². The highest BCUT2D eigenvalue weighted by molar-refractivity contribution is 6.33. The van der Waals surface area contributed by atoms with Gasteiger partial charge in [-0.05, 0) is 31.5 Å². The van der Waals surface area contributed by atoms with Crippen LogP contribution in [-0.4, -0.2) is 47.5 Å². The van der Waals surface area contributed by atoms with Gasteiger partial charge in [-0.1, -0.05) is 22.8 Å². The Morgan fingerprint density at radius 1 is 1.37 bits per heavy atom. The number of methoxy groups -OCH3 is 1. The van der Waals surface area contributed by atoms with Gasteiger partial charge in [-0.3, -0.25) is 0 Å². The predicted octanol–water partition coefficient (Wildman–Crippen LogP) is 3.09. The molecule has 0 saturated carbocycles. The summed E-state index contributed by atoms with van der Waals surface area (Å²) in [6.07, 6.45) is 1.43. The summed E-state index contributed by atoms with van der Waals surface area (Å²) in [6, 6.07) is 7.25. The van der Waals surface area contributed by atoms with Gasteiger partial charge in [0.05, 0.1) is 24.2 Å². The Morgan fingerprint density at radius 2 is 2.13 bits per heavy atom. The molecule has 9 nitrogen and oxygen atoms in total. The van der Waals surface area contributed by atoms with Crippen LogP contribution >= 0.6 is 11.6 Å². The standard InChI is InChI=1S/C20H25ClN6O3/c1-12-9-17(26-30-12)20(2,28)13-5-6-16(27(3)7-8-29-4)15(10-13)24-18-14(21)11-23-19(22)25-18/h5-6,9-11,28H,7-8H2,1-4H3,(H3,22,23,24,25). The van der Waals surface area contributed by atoms with E-state index in [1.807, 2.05) is 30.1 Å². The number of nitrogens with zero attached hydrogens (tertiary/aromatic N) is 4. The zero-order valence-corrected chi connectivity index (χ0v) is 18.1.